The third kappa shape index (κ3) is 6.14. The normalized spacial score (nSPS) is 10.2. The first-order valence-electron chi connectivity index (χ1n) is 9.18. The molecule has 1 aromatic heterocycles. The summed E-state index contributed by atoms with van der Waals surface area (Å²) in [5.41, 5.74) is 2.28. The maximum Gasteiger partial charge on any atom is 0.251 e. The van der Waals surface area contributed by atoms with Gasteiger partial charge >= 0.3 is 0 Å². The number of benzene rings is 2. The van der Waals surface area contributed by atoms with E-state index >= 15 is 0 Å². The zero-order valence-electron chi connectivity index (χ0n) is 16.1. The molecule has 0 spiro atoms. The van der Waals surface area contributed by atoms with E-state index in [4.69, 9.17) is 9.15 Å². The smallest absolute Gasteiger partial charge is 0.251 e. The molecule has 0 fully saturated rings. The van der Waals surface area contributed by atoms with Gasteiger partial charge in [-0.05, 0) is 54.1 Å². The first-order chi connectivity index (χ1) is 14.1. The molecule has 0 aliphatic carbocycles. The van der Waals surface area contributed by atoms with E-state index in [1.807, 2.05) is 24.3 Å². The Kier molecular flexibility index (Phi) is 6.89. The lowest BCUT2D eigenvalue weighted by Crippen LogP contribution is -2.29. The van der Waals surface area contributed by atoms with Crippen molar-refractivity contribution in [3.05, 3.63) is 83.8 Å². The number of hydrogen-bond acceptors (Lipinski definition) is 5. The van der Waals surface area contributed by atoms with E-state index in [9.17, 15) is 9.59 Å². The molecular weight excluding hydrogens is 370 g/mol. The highest BCUT2D eigenvalue weighted by molar-refractivity contribution is 5.94. The van der Waals surface area contributed by atoms with Crippen molar-refractivity contribution in [3.63, 3.8) is 0 Å². The van der Waals surface area contributed by atoms with Gasteiger partial charge in [-0.3, -0.25) is 9.59 Å². The Labute approximate surface area is 169 Å². The minimum Gasteiger partial charge on any atom is -0.497 e. The molecule has 0 aliphatic rings. The topological polar surface area (TPSA) is 92.6 Å². The van der Waals surface area contributed by atoms with Gasteiger partial charge in [0.25, 0.3) is 5.91 Å². The third-order valence-corrected chi connectivity index (χ3v) is 4.25. The van der Waals surface area contributed by atoms with E-state index in [1.165, 1.54) is 0 Å². The second kappa shape index (κ2) is 9.98. The number of amides is 2. The quantitative estimate of drug-likeness (QED) is 0.520. The van der Waals surface area contributed by atoms with Crippen molar-refractivity contribution in [2.24, 2.45) is 0 Å². The van der Waals surface area contributed by atoms with Crippen molar-refractivity contribution in [1.29, 1.82) is 0 Å². The van der Waals surface area contributed by atoms with Crippen LogP contribution in [0.2, 0.25) is 0 Å². The molecular formula is C22H23N3O4. The van der Waals surface area contributed by atoms with Crippen LogP contribution in [-0.2, 0) is 17.9 Å². The SMILES string of the molecule is COc1ccc(CNC(=O)CNc2ccc(C(=O)NCc3ccco3)cc2)cc1. The minimum absolute atomic E-state index is 0.124. The number of furan rings is 1. The molecule has 0 radical (unpaired) electrons. The average Bonchev–Trinajstić information content (AvgIpc) is 3.29. The molecule has 0 saturated heterocycles. The molecule has 3 rings (SSSR count). The van der Waals surface area contributed by atoms with Crippen molar-refractivity contribution in [2.75, 3.05) is 19.0 Å². The Morgan fingerprint density at radius 2 is 1.69 bits per heavy atom. The predicted octanol–water partition coefficient (Wildman–Crippen LogP) is 2.95. The van der Waals surface area contributed by atoms with Crippen molar-refractivity contribution in [1.82, 2.24) is 10.6 Å². The second-order valence-electron chi connectivity index (χ2n) is 6.32. The average molecular weight is 393 g/mol. The van der Waals surface area contributed by atoms with Gasteiger partial charge in [0.2, 0.25) is 5.91 Å². The minimum atomic E-state index is -0.190. The molecule has 0 atom stereocenters. The maximum atomic E-state index is 12.1. The molecule has 2 amide bonds. The van der Waals surface area contributed by atoms with Crippen molar-refractivity contribution >= 4 is 17.5 Å². The Hall–Kier alpha value is -3.74. The summed E-state index contributed by atoms with van der Waals surface area (Å²) < 4.78 is 10.3. The fourth-order valence-corrected chi connectivity index (χ4v) is 2.61. The van der Waals surface area contributed by atoms with Gasteiger partial charge < -0.3 is 25.1 Å². The molecule has 3 N–H and O–H groups in total. The molecule has 7 nitrogen and oxygen atoms in total. The van der Waals surface area contributed by atoms with Crippen LogP contribution in [-0.4, -0.2) is 25.5 Å². The summed E-state index contributed by atoms with van der Waals surface area (Å²) in [6.07, 6.45) is 1.56. The van der Waals surface area contributed by atoms with Crippen LogP contribution in [0.3, 0.4) is 0 Å². The lowest BCUT2D eigenvalue weighted by molar-refractivity contribution is -0.119. The third-order valence-electron chi connectivity index (χ3n) is 4.25. The van der Waals surface area contributed by atoms with Crippen LogP contribution < -0.4 is 20.7 Å². The number of carbonyl (C=O) groups excluding carboxylic acids is 2. The molecule has 150 valence electrons. The van der Waals surface area contributed by atoms with E-state index in [0.717, 1.165) is 17.0 Å². The Morgan fingerprint density at radius 3 is 2.34 bits per heavy atom. The number of hydrogen-bond donors (Lipinski definition) is 3. The van der Waals surface area contributed by atoms with Crippen LogP contribution in [0.4, 0.5) is 5.69 Å². The van der Waals surface area contributed by atoms with Gasteiger partial charge in [-0.2, -0.15) is 0 Å². The van der Waals surface area contributed by atoms with Gasteiger partial charge in [0.05, 0.1) is 26.5 Å². The van der Waals surface area contributed by atoms with Crippen LogP contribution in [0.5, 0.6) is 5.75 Å². The molecule has 0 aliphatic heterocycles. The van der Waals surface area contributed by atoms with Crippen LogP contribution in [0, 0.1) is 0 Å². The van der Waals surface area contributed by atoms with Crippen LogP contribution >= 0.6 is 0 Å². The highest BCUT2D eigenvalue weighted by atomic mass is 16.5. The first kappa shape index (κ1) is 20.0. The second-order valence-corrected chi connectivity index (χ2v) is 6.32. The lowest BCUT2D eigenvalue weighted by atomic mass is 10.2. The van der Waals surface area contributed by atoms with Crippen LogP contribution in [0.1, 0.15) is 21.7 Å². The Balaban J connectivity index is 1.40. The highest BCUT2D eigenvalue weighted by Gasteiger charge is 2.07. The zero-order chi connectivity index (χ0) is 20.5. The Morgan fingerprint density at radius 1 is 0.931 bits per heavy atom. The first-order valence-corrected chi connectivity index (χ1v) is 9.18. The summed E-state index contributed by atoms with van der Waals surface area (Å²) >= 11 is 0. The molecule has 0 bridgehead atoms. The Bertz CT molecular complexity index is 920. The van der Waals surface area contributed by atoms with Crippen molar-refractivity contribution < 1.29 is 18.7 Å². The molecule has 3 aromatic rings. The van der Waals surface area contributed by atoms with Crippen molar-refractivity contribution in [2.45, 2.75) is 13.1 Å². The van der Waals surface area contributed by atoms with E-state index in [-0.39, 0.29) is 18.4 Å². The number of methoxy groups -OCH3 is 1. The number of nitrogens with one attached hydrogen (secondary N) is 3. The molecule has 0 saturated carbocycles. The van der Waals surface area contributed by atoms with Gasteiger partial charge in [0, 0.05) is 17.8 Å². The lowest BCUT2D eigenvalue weighted by Gasteiger charge is -2.09. The van der Waals surface area contributed by atoms with Gasteiger partial charge in [-0.25, -0.2) is 0 Å². The van der Waals surface area contributed by atoms with E-state index < -0.39 is 0 Å². The summed E-state index contributed by atoms with van der Waals surface area (Å²) in [6.45, 7) is 0.916. The standard InChI is InChI=1S/C22H23N3O4/c1-28-19-10-4-16(5-11-19)13-24-21(26)15-23-18-8-6-17(7-9-18)22(27)25-14-20-3-2-12-29-20/h2-12,23H,13-15H2,1H3,(H,24,26)(H,25,27). The maximum absolute atomic E-state index is 12.1. The number of anilines is 1. The van der Waals surface area contributed by atoms with Gasteiger partial charge in [-0.15, -0.1) is 0 Å². The van der Waals surface area contributed by atoms with E-state index in [0.29, 0.717) is 24.4 Å². The van der Waals surface area contributed by atoms with Gasteiger partial charge in [0.15, 0.2) is 0 Å². The number of ether oxygens (including phenoxy) is 1. The highest BCUT2D eigenvalue weighted by Crippen LogP contribution is 2.11. The molecule has 0 unspecified atom stereocenters. The zero-order valence-corrected chi connectivity index (χ0v) is 16.1. The van der Waals surface area contributed by atoms with Crippen LogP contribution in [0.15, 0.2) is 71.3 Å². The summed E-state index contributed by atoms with van der Waals surface area (Å²) in [7, 11) is 1.61. The molecule has 1 heterocycles. The molecule has 2 aromatic carbocycles. The van der Waals surface area contributed by atoms with Gasteiger partial charge in [0.1, 0.15) is 11.5 Å². The molecule has 7 heteroatoms. The number of rotatable bonds is 9. The largest absolute Gasteiger partial charge is 0.497 e. The summed E-state index contributed by atoms with van der Waals surface area (Å²) in [4.78, 5) is 24.1. The van der Waals surface area contributed by atoms with Gasteiger partial charge in [-0.1, -0.05) is 12.1 Å². The predicted molar refractivity (Wildman–Crippen MR) is 110 cm³/mol. The molecule has 29 heavy (non-hydrogen) atoms. The summed E-state index contributed by atoms with van der Waals surface area (Å²) in [5.74, 6) is 1.16. The summed E-state index contributed by atoms with van der Waals surface area (Å²) in [6, 6.07) is 18.0. The fourth-order valence-electron chi connectivity index (χ4n) is 2.61. The van der Waals surface area contributed by atoms with E-state index in [1.54, 1.807) is 49.8 Å². The van der Waals surface area contributed by atoms with E-state index in [2.05, 4.69) is 16.0 Å². The summed E-state index contributed by atoms with van der Waals surface area (Å²) in [5, 5.41) is 8.68. The number of carbonyl (C=O) groups is 2. The monoisotopic (exact) mass is 393 g/mol. The van der Waals surface area contributed by atoms with Crippen molar-refractivity contribution in [3.8, 4) is 5.75 Å². The fraction of sp³-hybridized carbons (Fsp3) is 0.182. The van der Waals surface area contributed by atoms with Crippen LogP contribution in [0.25, 0.3) is 0 Å².